The van der Waals surface area contributed by atoms with Gasteiger partial charge in [0.2, 0.25) is 0 Å². The van der Waals surface area contributed by atoms with Crippen molar-refractivity contribution < 1.29 is 8.42 Å². The predicted octanol–water partition coefficient (Wildman–Crippen LogP) is 4.36. The summed E-state index contributed by atoms with van der Waals surface area (Å²) in [5.41, 5.74) is 1.92. The third-order valence-electron chi connectivity index (χ3n) is 3.06. The van der Waals surface area contributed by atoms with Crippen LogP contribution < -0.4 is 0 Å². The van der Waals surface area contributed by atoms with Gasteiger partial charge < -0.3 is 0 Å². The van der Waals surface area contributed by atoms with Crippen molar-refractivity contribution in [2.24, 2.45) is 0 Å². The molecule has 0 saturated heterocycles. The van der Waals surface area contributed by atoms with Crippen molar-refractivity contribution >= 4 is 49.1 Å². The summed E-state index contributed by atoms with van der Waals surface area (Å²) < 4.78 is 27.7. The number of nitrogens with zero attached hydrogens (tertiary/aromatic N) is 1. The van der Waals surface area contributed by atoms with Crippen molar-refractivity contribution in [2.75, 3.05) is 13.3 Å². The molecule has 0 saturated carbocycles. The van der Waals surface area contributed by atoms with Crippen LogP contribution in [0.5, 0.6) is 0 Å². The maximum atomic E-state index is 12.5. The molecule has 0 aliphatic rings. The molecule has 2 rings (SSSR count). The number of halogens is 1. The zero-order chi connectivity index (χ0) is 15.6. The van der Waals surface area contributed by atoms with Crippen molar-refractivity contribution in [2.45, 2.75) is 22.6 Å². The molecule has 1 aromatic heterocycles. The highest BCUT2D eigenvalue weighted by atomic mass is 79.9. The van der Waals surface area contributed by atoms with Crippen LogP contribution in [0.25, 0.3) is 0 Å². The van der Waals surface area contributed by atoms with E-state index in [9.17, 15) is 8.42 Å². The SMILES string of the molecule is CSc1ccc(CN(C)S(=O)(=O)c2cc(C)c(Br)s2)cc1. The van der Waals surface area contributed by atoms with E-state index in [2.05, 4.69) is 15.9 Å². The van der Waals surface area contributed by atoms with Crippen molar-refractivity contribution in [1.29, 1.82) is 0 Å². The Morgan fingerprint density at radius 2 is 1.90 bits per heavy atom. The molecule has 0 aliphatic heterocycles. The number of hydrogen-bond acceptors (Lipinski definition) is 4. The number of hydrogen-bond donors (Lipinski definition) is 0. The average molecular weight is 406 g/mol. The maximum Gasteiger partial charge on any atom is 0.252 e. The summed E-state index contributed by atoms with van der Waals surface area (Å²) in [5.74, 6) is 0. The minimum atomic E-state index is -3.44. The lowest BCUT2D eigenvalue weighted by Crippen LogP contribution is -2.25. The number of thioether (sulfide) groups is 1. The van der Waals surface area contributed by atoms with E-state index in [1.54, 1.807) is 24.9 Å². The fourth-order valence-corrected chi connectivity index (χ4v) is 5.79. The van der Waals surface area contributed by atoms with Gasteiger partial charge in [0.25, 0.3) is 10.0 Å². The second-order valence-electron chi connectivity index (χ2n) is 4.63. The van der Waals surface area contributed by atoms with Crippen LogP contribution >= 0.6 is 39.0 Å². The van der Waals surface area contributed by atoms with Crippen LogP contribution in [0.1, 0.15) is 11.1 Å². The molecule has 21 heavy (non-hydrogen) atoms. The number of thiophene rings is 1. The molecule has 0 atom stereocenters. The van der Waals surface area contributed by atoms with E-state index < -0.39 is 10.0 Å². The van der Waals surface area contributed by atoms with Crippen LogP contribution in [0.3, 0.4) is 0 Å². The molecule has 2 aromatic rings. The van der Waals surface area contributed by atoms with Crippen LogP contribution in [0, 0.1) is 6.92 Å². The van der Waals surface area contributed by atoms with Gasteiger partial charge in [0.05, 0.1) is 3.79 Å². The molecule has 1 heterocycles. The van der Waals surface area contributed by atoms with E-state index in [4.69, 9.17) is 0 Å². The summed E-state index contributed by atoms with van der Waals surface area (Å²) in [4.78, 5) is 1.17. The first-order valence-corrected chi connectivity index (χ1v) is 10.5. The minimum absolute atomic E-state index is 0.367. The summed E-state index contributed by atoms with van der Waals surface area (Å²) in [6.07, 6.45) is 2.02. The van der Waals surface area contributed by atoms with E-state index in [0.717, 1.165) is 14.9 Å². The lowest BCUT2D eigenvalue weighted by atomic mass is 10.2. The summed E-state index contributed by atoms with van der Waals surface area (Å²) in [6.45, 7) is 2.26. The van der Waals surface area contributed by atoms with Gasteiger partial charge >= 0.3 is 0 Å². The standard InChI is InChI=1S/C14H16BrNO2S3/c1-10-8-13(20-14(10)15)21(17,18)16(2)9-11-4-6-12(19-3)7-5-11/h4-8H,9H2,1-3H3. The Bertz CT molecular complexity index is 704. The highest BCUT2D eigenvalue weighted by molar-refractivity contribution is 9.11. The topological polar surface area (TPSA) is 37.4 Å². The van der Waals surface area contributed by atoms with E-state index in [1.807, 2.05) is 37.4 Å². The first kappa shape index (κ1) is 17.0. The second-order valence-corrected chi connectivity index (χ2v) is 10.2. The number of benzene rings is 1. The molecule has 0 bridgehead atoms. The Morgan fingerprint density at radius 1 is 1.29 bits per heavy atom. The van der Waals surface area contributed by atoms with Crippen LogP contribution in [-0.2, 0) is 16.6 Å². The normalized spacial score (nSPS) is 12.0. The largest absolute Gasteiger partial charge is 0.252 e. The Labute approximate surface area is 142 Å². The van der Waals surface area contributed by atoms with E-state index in [1.165, 1.54) is 20.5 Å². The van der Waals surface area contributed by atoms with Gasteiger partial charge in [-0.1, -0.05) is 12.1 Å². The summed E-state index contributed by atoms with van der Waals surface area (Å²) in [5, 5.41) is 0. The summed E-state index contributed by atoms with van der Waals surface area (Å²) in [7, 11) is -1.83. The Kier molecular flexibility index (Phi) is 5.54. The van der Waals surface area contributed by atoms with E-state index >= 15 is 0 Å². The maximum absolute atomic E-state index is 12.5. The Morgan fingerprint density at radius 3 is 2.38 bits per heavy atom. The van der Waals surface area contributed by atoms with Gasteiger partial charge in [-0.15, -0.1) is 23.1 Å². The molecule has 114 valence electrons. The lowest BCUT2D eigenvalue weighted by molar-refractivity contribution is 0.468. The van der Waals surface area contributed by atoms with Gasteiger partial charge in [-0.3, -0.25) is 0 Å². The number of rotatable bonds is 5. The van der Waals surface area contributed by atoms with Crippen LogP contribution in [0.2, 0.25) is 0 Å². The number of sulfonamides is 1. The van der Waals surface area contributed by atoms with Crippen molar-refractivity contribution in [3.8, 4) is 0 Å². The molecule has 0 amide bonds. The van der Waals surface area contributed by atoms with Crippen molar-refractivity contribution in [1.82, 2.24) is 4.31 Å². The molecule has 0 unspecified atom stereocenters. The monoisotopic (exact) mass is 405 g/mol. The third kappa shape index (κ3) is 3.90. The van der Waals surface area contributed by atoms with Crippen LogP contribution in [0.15, 0.2) is 43.2 Å². The van der Waals surface area contributed by atoms with Gasteiger partial charge in [-0.2, -0.15) is 4.31 Å². The van der Waals surface area contributed by atoms with E-state index in [0.29, 0.717) is 10.8 Å². The van der Waals surface area contributed by atoms with Crippen molar-refractivity contribution in [3.05, 3.63) is 45.2 Å². The van der Waals surface area contributed by atoms with Gasteiger partial charge in [0, 0.05) is 18.5 Å². The first-order valence-electron chi connectivity index (χ1n) is 6.20. The molecule has 1 aromatic carbocycles. The molecule has 3 nitrogen and oxygen atoms in total. The fraction of sp³-hybridized carbons (Fsp3) is 0.286. The molecular formula is C14H16BrNO2S3. The van der Waals surface area contributed by atoms with Gasteiger partial charge in [-0.25, -0.2) is 8.42 Å². The zero-order valence-electron chi connectivity index (χ0n) is 12.0. The molecule has 0 spiro atoms. The van der Waals surface area contributed by atoms with Gasteiger partial charge in [0.15, 0.2) is 0 Å². The Balaban J connectivity index is 2.19. The summed E-state index contributed by atoms with van der Waals surface area (Å²) in [6, 6.07) is 9.65. The predicted molar refractivity (Wildman–Crippen MR) is 93.6 cm³/mol. The van der Waals surface area contributed by atoms with Crippen molar-refractivity contribution in [3.63, 3.8) is 0 Å². The lowest BCUT2D eigenvalue weighted by Gasteiger charge is -2.16. The quantitative estimate of drug-likeness (QED) is 0.693. The highest BCUT2D eigenvalue weighted by Crippen LogP contribution is 2.32. The molecule has 0 radical (unpaired) electrons. The zero-order valence-corrected chi connectivity index (χ0v) is 16.0. The molecule has 0 N–H and O–H groups in total. The molecule has 0 fully saturated rings. The van der Waals surface area contributed by atoms with Gasteiger partial charge in [-0.05, 0) is 58.4 Å². The third-order valence-corrected chi connectivity index (χ3v) is 8.20. The fourth-order valence-electron chi connectivity index (χ4n) is 1.79. The first-order chi connectivity index (χ1) is 9.84. The molecule has 7 heteroatoms. The van der Waals surface area contributed by atoms with Gasteiger partial charge in [0.1, 0.15) is 4.21 Å². The highest BCUT2D eigenvalue weighted by Gasteiger charge is 2.23. The van der Waals surface area contributed by atoms with E-state index in [-0.39, 0.29) is 0 Å². The molecule has 0 aliphatic carbocycles. The molecular weight excluding hydrogens is 390 g/mol. The smallest absolute Gasteiger partial charge is 0.206 e. The average Bonchev–Trinajstić information content (AvgIpc) is 2.80. The Hall–Kier alpha value is -0.340. The number of aryl methyl sites for hydroxylation is 1. The van der Waals surface area contributed by atoms with Crippen LogP contribution in [-0.4, -0.2) is 26.0 Å². The second kappa shape index (κ2) is 6.83. The van der Waals surface area contributed by atoms with Crippen LogP contribution in [0.4, 0.5) is 0 Å². The minimum Gasteiger partial charge on any atom is -0.206 e. The summed E-state index contributed by atoms with van der Waals surface area (Å²) >= 11 is 6.29.